The number of piperidine rings is 1. The van der Waals surface area contributed by atoms with Crippen molar-refractivity contribution < 1.29 is 0 Å². The Hall–Kier alpha value is -2.99. The second-order valence-corrected chi connectivity index (χ2v) is 8.63. The lowest BCUT2D eigenvalue weighted by Gasteiger charge is -2.33. The van der Waals surface area contributed by atoms with Crippen LogP contribution in [-0.4, -0.2) is 46.0 Å². The van der Waals surface area contributed by atoms with E-state index in [2.05, 4.69) is 44.0 Å². The summed E-state index contributed by atoms with van der Waals surface area (Å²) in [4.78, 5) is 29.4. The summed E-state index contributed by atoms with van der Waals surface area (Å²) in [7, 11) is 0. The maximum Gasteiger partial charge on any atom is 0.251 e. The van der Waals surface area contributed by atoms with Crippen LogP contribution in [-0.2, 0) is 6.54 Å². The molecule has 1 aromatic carbocycles. The molecule has 2 fully saturated rings. The third kappa shape index (κ3) is 4.54. The summed E-state index contributed by atoms with van der Waals surface area (Å²) in [5, 5.41) is 0. The van der Waals surface area contributed by atoms with Crippen molar-refractivity contribution >= 4 is 5.69 Å². The summed E-state index contributed by atoms with van der Waals surface area (Å²) in [6.45, 7) is 5.27. The van der Waals surface area contributed by atoms with Crippen LogP contribution < -0.4 is 10.5 Å². The number of anilines is 1. The Morgan fingerprint density at radius 3 is 2.68 bits per heavy atom. The fourth-order valence-electron chi connectivity index (χ4n) is 4.90. The molecule has 3 aromatic rings. The molecule has 31 heavy (non-hydrogen) atoms. The van der Waals surface area contributed by atoms with E-state index in [9.17, 15) is 4.79 Å². The van der Waals surface area contributed by atoms with Crippen LogP contribution in [0.25, 0.3) is 11.5 Å². The Balaban J connectivity index is 1.35. The van der Waals surface area contributed by atoms with Crippen LogP contribution in [0.2, 0.25) is 0 Å². The Kier molecular flexibility index (Phi) is 5.80. The Morgan fingerprint density at radius 2 is 1.84 bits per heavy atom. The molecule has 5 rings (SSSR count). The number of nitrogens with one attached hydrogen (secondary N) is 1. The maximum absolute atomic E-state index is 12.3. The van der Waals surface area contributed by atoms with Gasteiger partial charge < -0.3 is 9.88 Å². The molecule has 2 aliphatic heterocycles. The van der Waals surface area contributed by atoms with E-state index in [4.69, 9.17) is 4.98 Å². The lowest BCUT2D eigenvalue weighted by molar-refractivity contribution is 0.198. The summed E-state index contributed by atoms with van der Waals surface area (Å²) in [5.74, 6) is 0.817. The molecule has 2 saturated heterocycles. The Labute approximate surface area is 183 Å². The molecule has 0 spiro atoms. The van der Waals surface area contributed by atoms with E-state index in [-0.39, 0.29) is 11.5 Å². The highest BCUT2D eigenvalue weighted by molar-refractivity contribution is 5.54. The number of hydrogen-bond acceptors (Lipinski definition) is 5. The van der Waals surface area contributed by atoms with E-state index in [1.807, 2.05) is 18.2 Å². The second kappa shape index (κ2) is 9.02. The van der Waals surface area contributed by atoms with Crippen molar-refractivity contribution in [2.24, 2.45) is 0 Å². The van der Waals surface area contributed by atoms with Crippen molar-refractivity contribution in [2.45, 2.75) is 38.1 Å². The van der Waals surface area contributed by atoms with Crippen molar-refractivity contribution in [3.63, 3.8) is 0 Å². The Morgan fingerprint density at radius 1 is 1.00 bits per heavy atom. The summed E-state index contributed by atoms with van der Waals surface area (Å²) in [6.07, 6.45) is 6.47. The summed E-state index contributed by atoms with van der Waals surface area (Å²) >= 11 is 0. The lowest BCUT2D eigenvalue weighted by atomic mass is 9.94. The predicted octanol–water partition coefficient (Wildman–Crippen LogP) is 3.81. The first-order chi connectivity index (χ1) is 15.3. The molecular weight excluding hydrogens is 386 g/mol. The van der Waals surface area contributed by atoms with Crippen LogP contribution in [0.4, 0.5) is 5.69 Å². The first-order valence-corrected chi connectivity index (χ1v) is 11.3. The molecule has 0 radical (unpaired) electrons. The first kappa shape index (κ1) is 19.9. The SMILES string of the molecule is O=c1cc([C@@H]2CCCN(Cc3ccccc3N3CCCC3)C2)nc(-c2ccccn2)[nH]1. The van der Waals surface area contributed by atoms with Gasteiger partial charge in [-0.15, -0.1) is 0 Å². The summed E-state index contributed by atoms with van der Waals surface area (Å²) < 4.78 is 0. The zero-order valence-corrected chi connectivity index (χ0v) is 17.8. The van der Waals surface area contributed by atoms with Gasteiger partial charge in [-0.25, -0.2) is 4.98 Å². The molecule has 2 aromatic heterocycles. The minimum Gasteiger partial charge on any atom is -0.371 e. The average molecular weight is 416 g/mol. The highest BCUT2D eigenvalue weighted by atomic mass is 16.1. The topological polar surface area (TPSA) is 65.1 Å². The number of pyridine rings is 1. The number of H-pyrrole nitrogens is 1. The Bertz CT molecular complexity index is 1070. The number of rotatable bonds is 5. The highest BCUT2D eigenvalue weighted by Gasteiger charge is 2.25. The van der Waals surface area contributed by atoms with Crippen molar-refractivity contribution in [1.82, 2.24) is 19.9 Å². The van der Waals surface area contributed by atoms with Crippen LogP contribution in [0, 0.1) is 0 Å². The highest BCUT2D eigenvalue weighted by Crippen LogP contribution is 2.30. The molecule has 2 aliphatic rings. The molecule has 0 aliphatic carbocycles. The second-order valence-electron chi connectivity index (χ2n) is 8.63. The predicted molar refractivity (Wildman–Crippen MR) is 123 cm³/mol. The van der Waals surface area contributed by atoms with E-state index >= 15 is 0 Å². The molecule has 6 nitrogen and oxygen atoms in total. The molecule has 4 heterocycles. The monoisotopic (exact) mass is 415 g/mol. The van der Waals surface area contributed by atoms with Gasteiger partial charge in [0.05, 0.1) is 5.69 Å². The third-order valence-corrected chi connectivity index (χ3v) is 6.43. The molecule has 1 N–H and O–H groups in total. The van der Waals surface area contributed by atoms with E-state index in [1.165, 1.54) is 24.1 Å². The van der Waals surface area contributed by atoms with Gasteiger partial charge in [-0.05, 0) is 56.0 Å². The van der Waals surface area contributed by atoms with E-state index in [1.54, 1.807) is 12.3 Å². The van der Waals surface area contributed by atoms with Gasteiger partial charge in [0.15, 0.2) is 5.82 Å². The number of likely N-dealkylation sites (tertiary alicyclic amines) is 1. The van der Waals surface area contributed by atoms with Crippen molar-refractivity contribution in [2.75, 3.05) is 31.1 Å². The molecule has 0 saturated carbocycles. The molecule has 0 bridgehead atoms. The van der Waals surface area contributed by atoms with Crippen LogP contribution >= 0.6 is 0 Å². The molecule has 1 atom stereocenters. The summed E-state index contributed by atoms with van der Waals surface area (Å²) in [5.41, 5.74) is 4.25. The fraction of sp³-hybridized carbons (Fsp3) is 0.400. The molecular formula is C25H29N5O. The molecule has 6 heteroatoms. The van der Waals surface area contributed by atoms with Gasteiger partial charge in [0.2, 0.25) is 0 Å². The maximum atomic E-state index is 12.3. The van der Waals surface area contributed by atoms with Gasteiger partial charge in [-0.3, -0.25) is 14.7 Å². The number of hydrogen-bond donors (Lipinski definition) is 1. The molecule has 0 amide bonds. The van der Waals surface area contributed by atoms with Gasteiger partial charge in [0.1, 0.15) is 5.69 Å². The van der Waals surface area contributed by atoms with Gasteiger partial charge in [0, 0.05) is 50.0 Å². The van der Waals surface area contributed by atoms with E-state index < -0.39 is 0 Å². The average Bonchev–Trinajstić information content (AvgIpc) is 3.35. The van der Waals surface area contributed by atoms with Gasteiger partial charge in [-0.2, -0.15) is 0 Å². The quantitative estimate of drug-likeness (QED) is 0.686. The van der Waals surface area contributed by atoms with Crippen LogP contribution in [0.1, 0.15) is 42.9 Å². The van der Waals surface area contributed by atoms with E-state index in [0.717, 1.165) is 51.3 Å². The fourth-order valence-corrected chi connectivity index (χ4v) is 4.90. The minimum absolute atomic E-state index is 0.109. The standard InChI is InChI=1S/C25H29N5O/c31-24-16-22(27-25(28-24)21-10-3-4-12-26-21)19-9-7-13-29(17-19)18-20-8-1-2-11-23(20)30-14-5-6-15-30/h1-4,8,10-12,16,19H,5-7,9,13-15,17-18H2,(H,27,28,31)/t19-/m1/s1. The van der Waals surface area contributed by atoms with E-state index in [0.29, 0.717) is 11.5 Å². The van der Waals surface area contributed by atoms with Crippen molar-refractivity contribution in [3.8, 4) is 11.5 Å². The van der Waals surface area contributed by atoms with Gasteiger partial charge in [-0.1, -0.05) is 24.3 Å². The van der Waals surface area contributed by atoms with Crippen LogP contribution in [0.3, 0.4) is 0 Å². The molecule has 160 valence electrons. The van der Waals surface area contributed by atoms with Gasteiger partial charge in [0.25, 0.3) is 5.56 Å². The van der Waals surface area contributed by atoms with Crippen molar-refractivity contribution in [1.29, 1.82) is 0 Å². The minimum atomic E-state index is -0.109. The number of para-hydroxylation sites is 1. The number of benzene rings is 1. The summed E-state index contributed by atoms with van der Waals surface area (Å²) in [6, 6.07) is 16.1. The number of nitrogens with zero attached hydrogens (tertiary/aromatic N) is 4. The third-order valence-electron chi connectivity index (χ3n) is 6.43. The largest absolute Gasteiger partial charge is 0.371 e. The van der Waals surface area contributed by atoms with Gasteiger partial charge >= 0.3 is 0 Å². The molecule has 0 unspecified atom stereocenters. The smallest absolute Gasteiger partial charge is 0.251 e. The van der Waals surface area contributed by atoms with Crippen LogP contribution in [0.5, 0.6) is 0 Å². The van der Waals surface area contributed by atoms with Crippen LogP contribution in [0.15, 0.2) is 59.5 Å². The van der Waals surface area contributed by atoms with Crippen molar-refractivity contribution in [3.05, 3.63) is 76.3 Å². The normalized spacial score (nSPS) is 19.6. The zero-order valence-electron chi connectivity index (χ0n) is 17.8. The lowest BCUT2D eigenvalue weighted by Crippen LogP contribution is -2.35. The number of aromatic nitrogens is 3. The zero-order chi connectivity index (χ0) is 21.0. The number of aromatic amines is 1. The first-order valence-electron chi connectivity index (χ1n) is 11.3.